The van der Waals surface area contributed by atoms with Crippen molar-refractivity contribution >= 4 is 15.5 Å². The molecule has 1 unspecified atom stereocenters. The molecule has 0 saturated carbocycles. The van der Waals surface area contributed by atoms with Gasteiger partial charge in [-0.2, -0.15) is 0 Å². The van der Waals surface area contributed by atoms with E-state index in [9.17, 15) is 8.42 Å². The van der Waals surface area contributed by atoms with Crippen LogP contribution in [-0.4, -0.2) is 36.9 Å². The minimum atomic E-state index is -2.96. The van der Waals surface area contributed by atoms with E-state index < -0.39 is 9.84 Å². The van der Waals surface area contributed by atoms with E-state index in [4.69, 9.17) is 9.94 Å². The van der Waals surface area contributed by atoms with Crippen molar-refractivity contribution < 1.29 is 18.4 Å². The van der Waals surface area contributed by atoms with Gasteiger partial charge >= 0.3 is 0 Å². The Labute approximate surface area is 112 Å². The fraction of sp³-hybridized carbons (Fsp3) is 0.462. The third-order valence-corrected chi connectivity index (χ3v) is 4.88. The van der Waals surface area contributed by atoms with E-state index in [2.05, 4.69) is 5.16 Å². The Kier molecular flexibility index (Phi) is 4.09. The highest BCUT2D eigenvalue weighted by atomic mass is 32.2. The van der Waals surface area contributed by atoms with Crippen LogP contribution < -0.4 is 4.74 Å². The molecule has 0 bridgehead atoms. The summed E-state index contributed by atoms with van der Waals surface area (Å²) in [7, 11) is -2.96. The van der Waals surface area contributed by atoms with Crippen LogP contribution in [0.15, 0.2) is 29.4 Å². The number of benzene rings is 1. The number of sulfone groups is 1. The zero-order chi connectivity index (χ0) is 13.9. The molecule has 1 saturated heterocycles. The molecule has 1 heterocycles. The summed E-state index contributed by atoms with van der Waals surface area (Å²) in [5, 5.41) is 12.2. The summed E-state index contributed by atoms with van der Waals surface area (Å²) in [5.41, 5.74) is 1.23. The molecule has 6 heteroatoms. The van der Waals surface area contributed by atoms with E-state index in [0.29, 0.717) is 29.9 Å². The average Bonchev–Trinajstić information content (AvgIpc) is 2.72. The second kappa shape index (κ2) is 5.61. The molecule has 0 amide bonds. The van der Waals surface area contributed by atoms with Gasteiger partial charge in [-0.25, -0.2) is 8.42 Å². The summed E-state index contributed by atoms with van der Waals surface area (Å²) in [5.74, 6) is 0.799. The molecule has 1 aliphatic heterocycles. The Morgan fingerprint density at radius 3 is 2.79 bits per heavy atom. The van der Waals surface area contributed by atoms with Crippen molar-refractivity contribution in [3.05, 3.63) is 29.8 Å². The third kappa shape index (κ3) is 3.26. The predicted octanol–water partition coefficient (Wildman–Crippen LogP) is 1.84. The lowest BCUT2D eigenvalue weighted by Gasteiger charge is -2.15. The van der Waals surface area contributed by atoms with Crippen molar-refractivity contribution in [3.8, 4) is 5.75 Å². The first-order chi connectivity index (χ1) is 9.05. The highest BCUT2D eigenvalue weighted by Crippen LogP contribution is 2.24. The molecule has 19 heavy (non-hydrogen) atoms. The average molecular weight is 283 g/mol. The minimum Gasteiger partial charge on any atom is -0.489 e. The van der Waals surface area contributed by atoms with Gasteiger partial charge in [-0.05, 0) is 25.0 Å². The Bertz CT molecular complexity index is 580. The van der Waals surface area contributed by atoms with Gasteiger partial charge in [0.15, 0.2) is 9.84 Å². The number of para-hydroxylation sites is 1. The second-order valence-electron chi connectivity index (χ2n) is 4.54. The van der Waals surface area contributed by atoms with Crippen LogP contribution in [0.2, 0.25) is 0 Å². The van der Waals surface area contributed by atoms with E-state index in [0.717, 1.165) is 0 Å². The predicted molar refractivity (Wildman–Crippen MR) is 72.7 cm³/mol. The quantitative estimate of drug-likeness (QED) is 0.519. The summed E-state index contributed by atoms with van der Waals surface area (Å²) in [6.07, 6.45) is 0.761. The molecule has 0 radical (unpaired) electrons. The summed E-state index contributed by atoms with van der Waals surface area (Å²) in [6.45, 7) is 1.88. The minimum absolute atomic E-state index is 0.0546. The third-order valence-electron chi connectivity index (χ3n) is 3.14. The maximum absolute atomic E-state index is 11.4. The first kappa shape index (κ1) is 13.9. The summed E-state index contributed by atoms with van der Waals surface area (Å²) < 4.78 is 28.6. The van der Waals surface area contributed by atoms with Crippen molar-refractivity contribution in [1.82, 2.24) is 0 Å². The number of ether oxygens (including phenoxy) is 1. The second-order valence-corrected chi connectivity index (χ2v) is 6.77. The van der Waals surface area contributed by atoms with Gasteiger partial charge in [0.2, 0.25) is 0 Å². The van der Waals surface area contributed by atoms with Crippen LogP contribution in [0.25, 0.3) is 0 Å². The molecule has 1 fully saturated rings. The molecule has 1 aliphatic rings. The Morgan fingerprint density at radius 2 is 2.21 bits per heavy atom. The SMILES string of the molecule is CC/C(=N\O)c1ccccc1OC1CCS(=O)(=O)C1. The monoisotopic (exact) mass is 283 g/mol. The highest BCUT2D eigenvalue weighted by molar-refractivity contribution is 7.91. The van der Waals surface area contributed by atoms with E-state index in [1.807, 2.05) is 19.1 Å². The molecule has 0 aromatic heterocycles. The van der Waals surface area contributed by atoms with Gasteiger partial charge in [-0.1, -0.05) is 24.2 Å². The van der Waals surface area contributed by atoms with Crippen molar-refractivity contribution in [3.63, 3.8) is 0 Å². The van der Waals surface area contributed by atoms with Gasteiger partial charge in [0.05, 0.1) is 17.2 Å². The number of hydrogen-bond donors (Lipinski definition) is 1. The summed E-state index contributed by atoms with van der Waals surface area (Å²) in [4.78, 5) is 0. The molecule has 1 aromatic carbocycles. The van der Waals surface area contributed by atoms with Crippen LogP contribution in [0.1, 0.15) is 25.3 Å². The lowest BCUT2D eigenvalue weighted by molar-refractivity contribution is 0.228. The summed E-state index contributed by atoms with van der Waals surface area (Å²) in [6, 6.07) is 7.21. The topological polar surface area (TPSA) is 76.0 Å². The standard InChI is InChI=1S/C13H17NO4S/c1-2-12(14-15)11-5-3-4-6-13(11)18-10-7-8-19(16,17)9-10/h3-6,10,15H,2,7-9H2,1H3/b14-12+. The van der Waals surface area contributed by atoms with Crippen molar-refractivity contribution in [2.75, 3.05) is 11.5 Å². The van der Waals surface area contributed by atoms with Crippen molar-refractivity contribution in [2.45, 2.75) is 25.9 Å². The van der Waals surface area contributed by atoms with Crippen LogP contribution in [0, 0.1) is 0 Å². The molecule has 1 N–H and O–H groups in total. The molecule has 0 aliphatic carbocycles. The van der Waals surface area contributed by atoms with Crippen molar-refractivity contribution in [1.29, 1.82) is 0 Å². The van der Waals surface area contributed by atoms with Gasteiger partial charge in [0, 0.05) is 5.56 Å². The normalized spacial score (nSPS) is 22.4. The van der Waals surface area contributed by atoms with E-state index >= 15 is 0 Å². The Morgan fingerprint density at radius 1 is 1.47 bits per heavy atom. The zero-order valence-electron chi connectivity index (χ0n) is 10.7. The van der Waals surface area contributed by atoms with Crippen molar-refractivity contribution in [2.24, 2.45) is 5.16 Å². The summed E-state index contributed by atoms with van der Waals surface area (Å²) >= 11 is 0. The first-order valence-electron chi connectivity index (χ1n) is 6.23. The molecule has 0 spiro atoms. The van der Waals surface area contributed by atoms with E-state index in [-0.39, 0.29) is 17.6 Å². The van der Waals surface area contributed by atoms with E-state index in [1.54, 1.807) is 12.1 Å². The van der Waals surface area contributed by atoms with Crippen LogP contribution in [-0.2, 0) is 9.84 Å². The van der Waals surface area contributed by atoms with Gasteiger partial charge in [0.25, 0.3) is 0 Å². The first-order valence-corrected chi connectivity index (χ1v) is 8.05. The fourth-order valence-corrected chi connectivity index (χ4v) is 3.75. The highest BCUT2D eigenvalue weighted by Gasteiger charge is 2.30. The Hall–Kier alpha value is -1.56. The number of oxime groups is 1. The maximum Gasteiger partial charge on any atom is 0.154 e. The van der Waals surface area contributed by atoms with Gasteiger partial charge in [0.1, 0.15) is 11.9 Å². The number of nitrogens with zero attached hydrogens (tertiary/aromatic N) is 1. The van der Waals surface area contributed by atoms with Crippen LogP contribution in [0.4, 0.5) is 0 Å². The largest absolute Gasteiger partial charge is 0.489 e. The molecular formula is C13H17NO4S. The molecular weight excluding hydrogens is 266 g/mol. The lowest BCUT2D eigenvalue weighted by Crippen LogP contribution is -2.19. The van der Waals surface area contributed by atoms with Gasteiger partial charge < -0.3 is 9.94 Å². The van der Waals surface area contributed by atoms with Gasteiger partial charge in [-0.3, -0.25) is 0 Å². The Balaban J connectivity index is 2.22. The number of hydrogen-bond acceptors (Lipinski definition) is 5. The maximum atomic E-state index is 11.4. The molecule has 1 atom stereocenters. The zero-order valence-corrected chi connectivity index (χ0v) is 11.6. The van der Waals surface area contributed by atoms with Crippen LogP contribution in [0.5, 0.6) is 5.75 Å². The molecule has 104 valence electrons. The molecule has 1 aromatic rings. The molecule has 2 rings (SSSR count). The van der Waals surface area contributed by atoms with Gasteiger partial charge in [-0.15, -0.1) is 0 Å². The van der Waals surface area contributed by atoms with Crippen LogP contribution >= 0.6 is 0 Å². The fourth-order valence-electron chi connectivity index (χ4n) is 2.16. The molecule has 5 nitrogen and oxygen atoms in total. The van der Waals surface area contributed by atoms with E-state index in [1.165, 1.54) is 0 Å². The van der Waals surface area contributed by atoms with Crippen LogP contribution in [0.3, 0.4) is 0 Å². The lowest BCUT2D eigenvalue weighted by atomic mass is 10.1. The number of rotatable bonds is 4. The smallest absolute Gasteiger partial charge is 0.154 e.